The third kappa shape index (κ3) is 1.28. The van der Waals surface area contributed by atoms with Gasteiger partial charge in [0.15, 0.2) is 0 Å². The zero-order valence-electron chi connectivity index (χ0n) is 7.91. The molecule has 0 bridgehead atoms. The van der Waals surface area contributed by atoms with Gasteiger partial charge in [0.25, 0.3) is 0 Å². The Morgan fingerprint density at radius 2 is 1.12 bits per heavy atom. The van der Waals surface area contributed by atoms with Crippen LogP contribution < -0.4 is 0 Å². The minimum Gasteiger partial charge on any atom is -0.507 e. The van der Waals surface area contributed by atoms with E-state index in [9.17, 15) is 20.0 Å². The van der Waals surface area contributed by atoms with E-state index in [0.717, 1.165) is 0 Å². The number of aromatic hydroxyl groups is 2. The van der Waals surface area contributed by atoms with E-state index in [4.69, 9.17) is 0 Å². The number of rotatable bonds is 2. The third-order valence-corrected chi connectivity index (χ3v) is 2.27. The van der Waals surface area contributed by atoms with E-state index in [-0.39, 0.29) is 33.6 Å². The van der Waals surface area contributed by atoms with Crippen molar-refractivity contribution in [2.75, 3.05) is 0 Å². The lowest BCUT2D eigenvalue weighted by molar-refractivity contribution is 0.476. The summed E-state index contributed by atoms with van der Waals surface area (Å²) in [5.41, 5.74) is -0.119. The highest BCUT2D eigenvalue weighted by atomic mass is 16.3. The van der Waals surface area contributed by atoms with Crippen LogP contribution in [0, 0.1) is 9.81 Å². The molecule has 0 aromatic heterocycles. The van der Waals surface area contributed by atoms with Crippen molar-refractivity contribution in [2.24, 2.45) is 10.4 Å². The van der Waals surface area contributed by atoms with Gasteiger partial charge in [-0.05, 0) is 34.6 Å². The second-order valence-electron chi connectivity index (χ2n) is 3.14. The Balaban J connectivity index is 3.06. The van der Waals surface area contributed by atoms with Crippen LogP contribution in [0.5, 0.6) is 11.5 Å². The van der Waals surface area contributed by atoms with Crippen molar-refractivity contribution in [1.82, 2.24) is 0 Å². The van der Waals surface area contributed by atoms with Gasteiger partial charge in [0.05, 0.1) is 10.8 Å². The lowest BCUT2D eigenvalue weighted by Crippen LogP contribution is -1.78. The summed E-state index contributed by atoms with van der Waals surface area (Å²) in [6.45, 7) is 0. The van der Waals surface area contributed by atoms with Gasteiger partial charge < -0.3 is 10.2 Å². The molecule has 2 aromatic carbocycles. The van der Waals surface area contributed by atoms with E-state index in [0.29, 0.717) is 0 Å². The van der Waals surface area contributed by atoms with Crippen LogP contribution in [0.15, 0.2) is 34.6 Å². The van der Waals surface area contributed by atoms with Crippen LogP contribution in [0.1, 0.15) is 0 Å². The number of hydrogen-bond donors (Lipinski definition) is 2. The summed E-state index contributed by atoms with van der Waals surface area (Å²) in [6, 6.07) is 4.93. The van der Waals surface area contributed by atoms with Crippen molar-refractivity contribution in [2.45, 2.75) is 0 Å². The first-order valence-corrected chi connectivity index (χ1v) is 4.33. The van der Waals surface area contributed by atoms with Gasteiger partial charge in [0.2, 0.25) is 0 Å². The van der Waals surface area contributed by atoms with Crippen molar-refractivity contribution in [3.8, 4) is 11.5 Å². The zero-order chi connectivity index (χ0) is 11.7. The molecule has 0 saturated carbocycles. The van der Waals surface area contributed by atoms with E-state index in [1.165, 1.54) is 24.3 Å². The van der Waals surface area contributed by atoms with Crippen molar-refractivity contribution >= 4 is 22.1 Å². The van der Waals surface area contributed by atoms with Gasteiger partial charge in [-0.2, -0.15) is 0 Å². The maximum atomic E-state index is 10.5. The molecule has 16 heavy (non-hydrogen) atoms. The van der Waals surface area contributed by atoms with Crippen molar-refractivity contribution in [1.29, 1.82) is 0 Å². The Morgan fingerprint density at radius 1 is 0.750 bits per heavy atom. The number of hydrogen-bond acceptors (Lipinski definition) is 6. The smallest absolute Gasteiger partial charge is 0.126 e. The average molecular weight is 218 g/mol. The number of phenols is 2. The van der Waals surface area contributed by atoms with Crippen LogP contribution >= 0.6 is 0 Å². The molecule has 80 valence electrons. The first kappa shape index (κ1) is 10.0. The van der Waals surface area contributed by atoms with E-state index in [2.05, 4.69) is 10.4 Å². The normalized spacial score (nSPS) is 10.2. The lowest BCUT2D eigenvalue weighted by atomic mass is 10.1. The quantitative estimate of drug-likeness (QED) is 0.756. The summed E-state index contributed by atoms with van der Waals surface area (Å²) < 4.78 is 0. The van der Waals surface area contributed by atoms with Gasteiger partial charge in [-0.1, -0.05) is 0 Å². The van der Waals surface area contributed by atoms with Crippen molar-refractivity contribution in [3.05, 3.63) is 34.1 Å². The topological polar surface area (TPSA) is 99.3 Å². The van der Waals surface area contributed by atoms with Gasteiger partial charge >= 0.3 is 0 Å². The predicted molar refractivity (Wildman–Crippen MR) is 58.2 cm³/mol. The van der Waals surface area contributed by atoms with Gasteiger partial charge in [-0.15, -0.1) is 9.81 Å². The monoisotopic (exact) mass is 218 g/mol. The molecule has 0 unspecified atom stereocenters. The highest BCUT2D eigenvalue weighted by Gasteiger charge is 2.14. The van der Waals surface area contributed by atoms with Gasteiger partial charge in [-0.3, -0.25) is 0 Å². The van der Waals surface area contributed by atoms with Crippen LogP contribution in [0.4, 0.5) is 11.4 Å². The number of benzene rings is 2. The third-order valence-electron chi connectivity index (χ3n) is 2.27. The first-order chi connectivity index (χ1) is 7.69. The molecule has 0 amide bonds. The Labute approximate surface area is 89.1 Å². The minimum atomic E-state index is -0.243. The van der Waals surface area contributed by atoms with E-state index < -0.39 is 0 Å². The molecule has 0 radical (unpaired) electrons. The molecule has 0 aliphatic carbocycles. The van der Waals surface area contributed by atoms with E-state index >= 15 is 0 Å². The summed E-state index contributed by atoms with van der Waals surface area (Å²) in [6.07, 6.45) is 0. The van der Waals surface area contributed by atoms with Gasteiger partial charge in [0.1, 0.15) is 22.9 Å². The molecule has 0 fully saturated rings. The molecule has 0 spiro atoms. The molecule has 2 N–H and O–H groups in total. The van der Waals surface area contributed by atoms with Crippen LogP contribution in [0.3, 0.4) is 0 Å². The zero-order valence-corrected chi connectivity index (χ0v) is 7.91. The minimum absolute atomic E-state index is 0.0205. The summed E-state index contributed by atoms with van der Waals surface area (Å²) in [4.78, 5) is 21.1. The molecule has 0 aliphatic heterocycles. The van der Waals surface area contributed by atoms with Gasteiger partial charge in [0, 0.05) is 0 Å². The van der Waals surface area contributed by atoms with Crippen LogP contribution in [-0.4, -0.2) is 10.2 Å². The average Bonchev–Trinajstić information content (AvgIpc) is 2.31. The second kappa shape index (κ2) is 3.58. The molecule has 0 saturated heterocycles. The van der Waals surface area contributed by atoms with E-state index in [1.54, 1.807) is 0 Å². The molecule has 2 rings (SSSR count). The summed E-state index contributed by atoms with van der Waals surface area (Å²) in [7, 11) is 0. The summed E-state index contributed by atoms with van der Waals surface area (Å²) >= 11 is 0. The molecule has 2 aromatic rings. The molecule has 0 atom stereocenters. The SMILES string of the molecule is O=Nc1ccc(O)c2c(N=O)ccc(O)c12. The van der Waals surface area contributed by atoms with Crippen LogP contribution in [0.25, 0.3) is 10.8 Å². The second-order valence-corrected chi connectivity index (χ2v) is 3.14. The fraction of sp³-hybridized carbons (Fsp3) is 0. The highest BCUT2D eigenvalue weighted by Crippen LogP contribution is 2.43. The van der Waals surface area contributed by atoms with Crippen LogP contribution in [0.2, 0.25) is 0 Å². The molecule has 6 heteroatoms. The summed E-state index contributed by atoms with van der Waals surface area (Å²) in [5.74, 6) is -0.485. The number of nitroso groups, excluding NO2 is 2. The first-order valence-electron chi connectivity index (χ1n) is 4.33. The fourth-order valence-corrected chi connectivity index (χ4v) is 1.58. The van der Waals surface area contributed by atoms with E-state index in [1.807, 2.05) is 0 Å². The lowest BCUT2D eigenvalue weighted by Gasteiger charge is -2.06. The number of phenolic OH excluding ortho intramolecular Hbond substituents is 2. The van der Waals surface area contributed by atoms with Gasteiger partial charge in [-0.25, -0.2) is 0 Å². The van der Waals surface area contributed by atoms with Crippen molar-refractivity contribution in [3.63, 3.8) is 0 Å². The molecular formula is C10H6N2O4. The number of nitrogens with zero attached hydrogens (tertiary/aromatic N) is 2. The Morgan fingerprint density at radius 3 is 1.44 bits per heavy atom. The highest BCUT2D eigenvalue weighted by molar-refractivity contribution is 6.06. The number of fused-ring (bicyclic) bond motifs is 1. The largest absolute Gasteiger partial charge is 0.507 e. The predicted octanol–water partition coefficient (Wildman–Crippen LogP) is 3.05. The van der Waals surface area contributed by atoms with Crippen LogP contribution in [-0.2, 0) is 0 Å². The Bertz CT molecular complexity index is 542. The molecular weight excluding hydrogens is 212 g/mol. The molecule has 6 nitrogen and oxygen atoms in total. The Hall–Kier alpha value is -2.50. The summed E-state index contributed by atoms with van der Waals surface area (Å²) in [5, 5.41) is 24.6. The molecule has 0 aliphatic rings. The fourth-order valence-electron chi connectivity index (χ4n) is 1.58. The maximum absolute atomic E-state index is 10.5. The van der Waals surface area contributed by atoms with Crippen molar-refractivity contribution < 1.29 is 10.2 Å². The Kier molecular flexibility index (Phi) is 2.24. The molecule has 0 heterocycles. The maximum Gasteiger partial charge on any atom is 0.126 e. The standard InChI is InChI=1S/C10H6N2O4/c13-7-3-1-5(11-15)9-8(14)4-2-6(12-16)10(7)9/h1-4,13-14H.